The van der Waals surface area contributed by atoms with Crippen molar-refractivity contribution in [1.29, 1.82) is 5.26 Å². The van der Waals surface area contributed by atoms with Crippen LogP contribution in [0.1, 0.15) is 42.6 Å². The molecule has 27 heavy (non-hydrogen) atoms. The lowest BCUT2D eigenvalue weighted by molar-refractivity contribution is 0.00578. The summed E-state index contributed by atoms with van der Waals surface area (Å²) in [5, 5.41) is 8.90. The first-order valence-electron chi connectivity index (χ1n) is 8.58. The van der Waals surface area contributed by atoms with Gasteiger partial charge in [-0.15, -0.1) is 0 Å². The number of hydrogen-bond donors (Lipinski definition) is 0. The van der Waals surface area contributed by atoms with E-state index in [1.165, 1.54) is 0 Å². The summed E-state index contributed by atoms with van der Waals surface area (Å²) >= 11 is 7.18. The molecule has 1 heterocycles. The zero-order chi connectivity index (χ0) is 19.8. The average molecular weight is 493 g/mol. The first-order valence-corrected chi connectivity index (χ1v) is 10.4. The summed E-state index contributed by atoms with van der Waals surface area (Å²) in [5.74, 6) is 1.36. The SMILES string of the molecule is CC1(C)OB(c2ccc(Oc3ccc(C#N)cc3)cc2C(Br)Br)OC1(C)C. The van der Waals surface area contributed by atoms with E-state index in [-0.39, 0.29) is 3.74 Å². The molecule has 0 amide bonds. The Hall–Kier alpha value is -1.33. The second-order valence-corrected chi connectivity index (χ2v) is 10.5. The molecule has 0 aliphatic carbocycles. The third-order valence-corrected chi connectivity index (χ3v) is 6.01. The van der Waals surface area contributed by atoms with Gasteiger partial charge in [0.15, 0.2) is 0 Å². The van der Waals surface area contributed by atoms with Crippen molar-refractivity contribution in [2.75, 3.05) is 0 Å². The summed E-state index contributed by atoms with van der Waals surface area (Å²) in [7, 11) is -0.452. The molecule has 0 aromatic heterocycles. The van der Waals surface area contributed by atoms with Gasteiger partial charge in [-0.3, -0.25) is 0 Å². The topological polar surface area (TPSA) is 51.5 Å². The van der Waals surface area contributed by atoms with Crippen molar-refractivity contribution < 1.29 is 14.0 Å². The minimum atomic E-state index is -0.452. The van der Waals surface area contributed by atoms with Gasteiger partial charge in [-0.25, -0.2) is 0 Å². The molecule has 140 valence electrons. The molecule has 1 saturated heterocycles. The zero-order valence-electron chi connectivity index (χ0n) is 15.6. The van der Waals surface area contributed by atoms with E-state index in [2.05, 4.69) is 37.9 Å². The van der Waals surface area contributed by atoms with Crippen molar-refractivity contribution in [3.63, 3.8) is 0 Å². The lowest BCUT2D eigenvalue weighted by Crippen LogP contribution is -2.41. The fraction of sp³-hybridized carbons (Fsp3) is 0.350. The lowest BCUT2D eigenvalue weighted by Gasteiger charge is -2.32. The van der Waals surface area contributed by atoms with E-state index in [4.69, 9.17) is 19.3 Å². The van der Waals surface area contributed by atoms with Gasteiger partial charge in [0.25, 0.3) is 0 Å². The number of nitrogens with zero attached hydrogens (tertiary/aromatic N) is 1. The third-order valence-electron chi connectivity index (χ3n) is 5.02. The maximum absolute atomic E-state index is 8.90. The van der Waals surface area contributed by atoms with E-state index in [9.17, 15) is 0 Å². The fourth-order valence-corrected chi connectivity index (χ4v) is 3.52. The van der Waals surface area contributed by atoms with Gasteiger partial charge >= 0.3 is 7.12 Å². The molecule has 1 fully saturated rings. The van der Waals surface area contributed by atoms with E-state index in [0.29, 0.717) is 17.1 Å². The molecule has 1 aliphatic rings. The number of rotatable bonds is 4. The Morgan fingerprint density at radius 2 is 1.52 bits per heavy atom. The molecule has 0 spiro atoms. The average Bonchev–Trinajstić information content (AvgIpc) is 2.83. The molecule has 4 nitrogen and oxygen atoms in total. The van der Waals surface area contributed by atoms with E-state index in [1.54, 1.807) is 24.3 Å². The van der Waals surface area contributed by atoms with E-state index < -0.39 is 18.3 Å². The first-order chi connectivity index (χ1) is 12.6. The van der Waals surface area contributed by atoms with Gasteiger partial charge in [0.05, 0.1) is 26.6 Å². The molecule has 3 rings (SSSR count). The minimum absolute atomic E-state index is 0.0801. The smallest absolute Gasteiger partial charge is 0.457 e. The van der Waals surface area contributed by atoms with E-state index in [1.807, 2.05) is 45.9 Å². The van der Waals surface area contributed by atoms with Crippen LogP contribution in [0.4, 0.5) is 0 Å². The van der Waals surface area contributed by atoms with Crippen LogP contribution in [0.3, 0.4) is 0 Å². The van der Waals surface area contributed by atoms with E-state index >= 15 is 0 Å². The summed E-state index contributed by atoms with van der Waals surface area (Å²) in [5.41, 5.74) is 1.71. The Morgan fingerprint density at radius 3 is 2.04 bits per heavy atom. The quantitative estimate of drug-likeness (QED) is 0.421. The van der Waals surface area contributed by atoms with Gasteiger partial charge in [0, 0.05) is 0 Å². The molecule has 1 aliphatic heterocycles. The van der Waals surface area contributed by atoms with Crippen LogP contribution in [-0.4, -0.2) is 18.3 Å². The molecule has 7 heteroatoms. The summed E-state index contributed by atoms with van der Waals surface area (Å²) in [6.45, 7) is 8.15. The Labute approximate surface area is 177 Å². The summed E-state index contributed by atoms with van der Waals surface area (Å²) in [4.78, 5) is 0. The Balaban J connectivity index is 1.88. The monoisotopic (exact) mass is 491 g/mol. The van der Waals surface area contributed by atoms with Crippen LogP contribution < -0.4 is 10.2 Å². The number of nitriles is 1. The van der Waals surface area contributed by atoms with Gasteiger partial charge in [0.2, 0.25) is 0 Å². The fourth-order valence-electron chi connectivity index (χ4n) is 2.72. The van der Waals surface area contributed by atoms with Crippen LogP contribution in [-0.2, 0) is 9.31 Å². The van der Waals surface area contributed by atoms with Crippen molar-refractivity contribution in [3.05, 3.63) is 53.6 Å². The molecule has 0 atom stereocenters. The van der Waals surface area contributed by atoms with Crippen LogP contribution in [0, 0.1) is 11.3 Å². The molecule has 2 aromatic rings. The Morgan fingerprint density at radius 1 is 0.963 bits per heavy atom. The third kappa shape index (κ3) is 4.24. The van der Waals surface area contributed by atoms with Crippen LogP contribution in [0.25, 0.3) is 0 Å². The van der Waals surface area contributed by atoms with Crippen LogP contribution in [0.2, 0.25) is 0 Å². The maximum Gasteiger partial charge on any atom is 0.495 e. The molecule has 2 aromatic carbocycles. The standard InChI is InChI=1S/C20H20BBr2NO3/c1-19(2)20(3,4)27-21(26-19)17-10-9-15(11-16(17)18(22)23)25-14-7-5-13(12-24)6-8-14/h5-11,18H,1-4H3. The van der Waals surface area contributed by atoms with Gasteiger partial charge in [-0.1, -0.05) is 37.9 Å². The highest BCUT2D eigenvalue weighted by Crippen LogP contribution is 2.39. The molecular weight excluding hydrogens is 473 g/mol. The first kappa shape index (κ1) is 20.4. The van der Waals surface area contributed by atoms with Crippen LogP contribution in [0.5, 0.6) is 11.5 Å². The van der Waals surface area contributed by atoms with Gasteiger partial charge in [-0.05, 0) is 75.1 Å². The summed E-state index contributed by atoms with van der Waals surface area (Å²) in [6.07, 6.45) is 0. The normalized spacial score (nSPS) is 17.8. The van der Waals surface area contributed by atoms with Crippen LogP contribution in [0.15, 0.2) is 42.5 Å². The van der Waals surface area contributed by atoms with E-state index in [0.717, 1.165) is 11.0 Å². The summed E-state index contributed by atoms with van der Waals surface area (Å²) < 4.78 is 18.2. The van der Waals surface area contributed by atoms with Crippen molar-refractivity contribution >= 4 is 44.4 Å². The highest BCUT2D eigenvalue weighted by molar-refractivity contribution is 9.24. The summed E-state index contributed by atoms with van der Waals surface area (Å²) in [6, 6.07) is 14.9. The number of alkyl halides is 2. The second-order valence-electron chi connectivity index (χ2n) is 7.42. The minimum Gasteiger partial charge on any atom is -0.457 e. The molecule has 0 N–H and O–H groups in total. The second kappa shape index (κ2) is 7.59. The predicted octanol–water partition coefficient (Wildman–Crippen LogP) is 5.44. The molecular formula is C20H20BBr2NO3. The number of benzene rings is 2. The van der Waals surface area contributed by atoms with Gasteiger partial charge in [0.1, 0.15) is 11.5 Å². The van der Waals surface area contributed by atoms with Crippen molar-refractivity contribution in [2.45, 2.75) is 42.6 Å². The van der Waals surface area contributed by atoms with Crippen molar-refractivity contribution in [3.8, 4) is 17.6 Å². The lowest BCUT2D eigenvalue weighted by atomic mass is 9.76. The Kier molecular flexibility index (Phi) is 5.74. The largest absolute Gasteiger partial charge is 0.495 e. The highest BCUT2D eigenvalue weighted by atomic mass is 79.9. The molecule has 0 unspecified atom stereocenters. The van der Waals surface area contributed by atoms with Gasteiger partial charge < -0.3 is 14.0 Å². The molecule has 0 radical (unpaired) electrons. The van der Waals surface area contributed by atoms with Gasteiger partial charge in [-0.2, -0.15) is 5.26 Å². The number of halogens is 2. The highest BCUT2D eigenvalue weighted by Gasteiger charge is 2.52. The van der Waals surface area contributed by atoms with Crippen LogP contribution >= 0.6 is 31.9 Å². The molecule has 0 saturated carbocycles. The van der Waals surface area contributed by atoms with Crippen molar-refractivity contribution in [1.82, 2.24) is 0 Å². The Bertz CT molecular complexity index is 860. The predicted molar refractivity (Wildman–Crippen MR) is 114 cm³/mol. The van der Waals surface area contributed by atoms with Crippen molar-refractivity contribution in [2.24, 2.45) is 0 Å². The molecule has 0 bridgehead atoms. The number of hydrogen-bond acceptors (Lipinski definition) is 4. The zero-order valence-corrected chi connectivity index (χ0v) is 18.8. The number of ether oxygens (including phenoxy) is 1. The maximum atomic E-state index is 8.90.